The summed E-state index contributed by atoms with van der Waals surface area (Å²) in [5, 5.41) is 14.2. The van der Waals surface area contributed by atoms with Crippen LogP contribution in [0.3, 0.4) is 0 Å². The zero-order chi connectivity index (χ0) is 22.5. The Morgan fingerprint density at radius 2 is 2.15 bits per heavy atom. The summed E-state index contributed by atoms with van der Waals surface area (Å²) in [6.45, 7) is 2.89. The van der Waals surface area contributed by atoms with E-state index in [-0.39, 0.29) is 35.7 Å². The van der Waals surface area contributed by atoms with Gasteiger partial charge in [-0.2, -0.15) is 0 Å². The molecule has 3 aliphatic heterocycles. The van der Waals surface area contributed by atoms with Gasteiger partial charge in [0.15, 0.2) is 5.75 Å². The van der Waals surface area contributed by atoms with Gasteiger partial charge in [0.2, 0.25) is 0 Å². The van der Waals surface area contributed by atoms with Crippen molar-refractivity contribution in [1.29, 1.82) is 0 Å². The fraction of sp³-hybridized carbons (Fsp3) is 0.435. The van der Waals surface area contributed by atoms with Crippen molar-refractivity contribution in [2.75, 3.05) is 25.6 Å². The molecular weight excluding hydrogens is 481 g/mol. The maximum atomic E-state index is 14.7. The number of ether oxygens (including phenoxy) is 1. The third kappa shape index (κ3) is 4.18. The minimum Gasteiger partial charge on any atom is -0.480 e. The maximum absolute atomic E-state index is 14.7. The van der Waals surface area contributed by atoms with Crippen molar-refractivity contribution in [3.8, 4) is 5.75 Å². The number of hydrogen-bond donors (Lipinski definition) is 2. The molecule has 0 amide bonds. The molecule has 2 N–H and O–H groups in total. The molecule has 11 heteroatoms. The lowest BCUT2D eigenvalue weighted by Gasteiger charge is -2.37. The van der Waals surface area contributed by atoms with E-state index in [4.69, 9.17) is 4.74 Å². The van der Waals surface area contributed by atoms with Gasteiger partial charge in [-0.3, -0.25) is 19.7 Å². The van der Waals surface area contributed by atoms with Gasteiger partial charge in [-0.1, -0.05) is 11.8 Å². The zero-order valence-corrected chi connectivity index (χ0v) is 19.9. The summed E-state index contributed by atoms with van der Waals surface area (Å²) < 4.78 is 21.8. The molecule has 8 nitrogen and oxygen atoms in total. The van der Waals surface area contributed by atoms with Gasteiger partial charge < -0.3 is 19.7 Å². The number of thioether (sulfide) groups is 1. The SMILES string of the molecule is Cl.O=c1ccc2ncc(F)c3c2n1CC3CN1CC[C@H](NCc2cc3c(cn2)OCS3)[C@H](O)C1. The summed E-state index contributed by atoms with van der Waals surface area (Å²) in [6, 6.07) is 5.14. The minimum absolute atomic E-state index is 0. The quantitative estimate of drug-likeness (QED) is 0.545. The first-order valence-corrected chi connectivity index (χ1v) is 12.1. The molecule has 1 fully saturated rings. The normalized spacial score (nSPS) is 23.5. The number of aliphatic hydroxyl groups is 1. The molecule has 3 aliphatic rings. The molecule has 1 saturated heterocycles. The van der Waals surface area contributed by atoms with Gasteiger partial charge in [0.1, 0.15) is 11.8 Å². The van der Waals surface area contributed by atoms with E-state index in [0.29, 0.717) is 48.7 Å². The fourth-order valence-corrected chi connectivity index (χ4v) is 5.97. The number of aliphatic hydroxyl groups excluding tert-OH is 1. The Labute approximate surface area is 205 Å². The van der Waals surface area contributed by atoms with Crippen molar-refractivity contribution in [2.45, 2.75) is 42.5 Å². The van der Waals surface area contributed by atoms with Gasteiger partial charge in [-0.25, -0.2) is 4.39 Å². The van der Waals surface area contributed by atoms with Gasteiger partial charge in [-0.05, 0) is 25.1 Å². The molecule has 6 rings (SSSR count). The van der Waals surface area contributed by atoms with Crippen molar-refractivity contribution in [3.05, 3.63) is 58.0 Å². The first-order chi connectivity index (χ1) is 16.1. The molecule has 0 aliphatic carbocycles. The predicted molar refractivity (Wildman–Crippen MR) is 129 cm³/mol. The third-order valence-corrected chi connectivity index (χ3v) is 7.68. The summed E-state index contributed by atoms with van der Waals surface area (Å²) in [5.74, 6) is 0.946. The van der Waals surface area contributed by atoms with E-state index in [0.717, 1.165) is 29.3 Å². The van der Waals surface area contributed by atoms with Crippen LogP contribution in [0.25, 0.3) is 11.0 Å². The van der Waals surface area contributed by atoms with Crippen molar-refractivity contribution in [1.82, 2.24) is 24.8 Å². The van der Waals surface area contributed by atoms with Crippen LogP contribution in [0.5, 0.6) is 5.75 Å². The third-order valence-electron chi connectivity index (χ3n) is 6.81. The molecule has 3 aromatic rings. The molecule has 1 unspecified atom stereocenters. The van der Waals surface area contributed by atoms with Crippen LogP contribution in [0.15, 0.2) is 40.3 Å². The number of likely N-dealkylation sites (tertiary alicyclic amines) is 1. The van der Waals surface area contributed by atoms with Crippen molar-refractivity contribution in [3.63, 3.8) is 0 Å². The summed E-state index contributed by atoms with van der Waals surface area (Å²) in [4.78, 5) is 24.2. The Hall–Kier alpha value is -2.24. The summed E-state index contributed by atoms with van der Waals surface area (Å²) in [5.41, 5.74) is 2.60. The van der Waals surface area contributed by atoms with Crippen LogP contribution in [-0.4, -0.2) is 62.3 Å². The van der Waals surface area contributed by atoms with E-state index in [9.17, 15) is 14.3 Å². The lowest BCUT2D eigenvalue weighted by atomic mass is 9.97. The molecule has 0 spiro atoms. The fourth-order valence-electron chi connectivity index (χ4n) is 5.18. The second kappa shape index (κ2) is 9.43. The van der Waals surface area contributed by atoms with Crippen LogP contribution in [0, 0.1) is 5.82 Å². The van der Waals surface area contributed by atoms with Crippen LogP contribution in [0.1, 0.15) is 23.6 Å². The average molecular weight is 506 g/mol. The van der Waals surface area contributed by atoms with E-state index in [1.807, 2.05) is 6.07 Å². The second-order valence-corrected chi connectivity index (χ2v) is 9.83. The Morgan fingerprint density at radius 3 is 3.00 bits per heavy atom. The van der Waals surface area contributed by atoms with Gasteiger partial charge >= 0.3 is 0 Å². The lowest BCUT2D eigenvalue weighted by Crippen LogP contribution is -2.53. The number of halogens is 2. The van der Waals surface area contributed by atoms with Crippen LogP contribution < -0.4 is 15.6 Å². The van der Waals surface area contributed by atoms with Crippen molar-refractivity contribution >= 4 is 35.2 Å². The molecule has 6 heterocycles. The smallest absolute Gasteiger partial charge is 0.251 e. The highest BCUT2D eigenvalue weighted by Crippen LogP contribution is 2.36. The molecule has 0 aromatic carbocycles. The maximum Gasteiger partial charge on any atom is 0.251 e. The number of fused-ring (bicyclic) bond motifs is 1. The number of piperidine rings is 1. The van der Waals surface area contributed by atoms with Gasteiger partial charge in [0.25, 0.3) is 5.56 Å². The van der Waals surface area contributed by atoms with Gasteiger partial charge in [0, 0.05) is 49.8 Å². The minimum atomic E-state index is -0.542. The largest absolute Gasteiger partial charge is 0.480 e. The first-order valence-electron chi connectivity index (χ1n) is 11.1. The molecule has 180 valence electrons. The Balaban J connectivity index is 0.00000241. The first kappa shape index (κ1) is 23.5. The van der Waals surface area contributed by atoms with Crippen LogP contribution >= 0.6 is 24.2 Å². The number of β-amino-alcohol motifs (C(OH)–C–C–N with tert-alkyl or cyclic N) is 1. The highest BCUT2D eigenvalue weighted by molar-refractivity contribution is 7.99. The van der Waals surface area contributed by atoms with Crippen molar-refractivity contribution in [2.24, 2.45) is 0 Å². The number of pyridine rings is 3. The number of hydrogen-bond acceptors (Lipinski definition) is 8. The monoisotopic (exact) mass is 505 g/mol. The number of nitrogens with zero attached hydrogens (tertiary/aromatic N) is 4. The van der Waals surface area contributed by atoms with Gasteiger partial charge in [0.05, 0.1) is 40.1 Å². The Morgan fingerprint density at radius 1 is 1.26 bits per heavy atom. The lowest BCUT2D eigenvalue weighted by molar-refractivity contribution is 0.0367. The van der Waals surface area contributed by atoms with Crippen LogP contribution in [-0.2, 0) is 13.1 Å². The second-order valence-electron chi connectivity index (χ2n) is 8.86. The topological polar surface area (TPSA) is 92.5 Å². The number of rotatable bonds is 5. The van der Waals surface area contributed by atoms with E-state index in [1.54, 1.807) is 28.6 Å². The molecule has 0 bridgehead atoms. The van der Waals surface area contributed by atoms with E-state index in [2.05, 4.69) is 20.2 Å². The predicted octanol–water partition coefficient (Wildman–Crippen LogP) is 2.12. The zero-order valence-electron chi connectivity index (χ0n) is 18.3. The number of nitrogens with one attached hydrogen (secondary N) is 1. The Kier molecular flexibility index (Phi) is 6.51. The standard InChI is InChI=1S/C23H24FN5O3S.ClH/c24-15-7-27-17-1-2-21(31)29-10-13(22(15)23(17)29)9-28-4-3-16(18(30)11-28)26-6-14-5-20-19(8-25-14)32-12-33-20;/h1-2,5,7-8,13,16,18,26,30H,3-4,6,9-12H2;1H/t13?,16-,18+;/m0./s1. The summed E-state index contributed by atoms with van der Waals surface area (Å²) in [7, 11) is 0. The molecule has 0 radical (unpaired) electrons. The molecular formula is C23H25ClFN5O3S. The summed E-state index contributed by atoms with van der Waals surface area (Å²) >= 11 is 1.66. The highest BCUT2D eigenvalue weighted by Gasteiger charge is 2.34. The van der Waals surface area contributed by atoms with Crippen molar-refractivity contribution < 1.29 is 14.2 Å². The molecule has 3 aromatic heterocycles. The highest BCUT2D eigenvalue weighted by atomic mass is 35.5. The molecule has 34 heavy (non-hydrogen) atoms. The van der Waals surface area contributed by atoms with E-state index in [1.165, 1.54) is 12.3 Å². The van der Waals surface area contributed by atoms with E-state index < -0.39 is 6.10 Å². The number of aromatic nitrogens is 3. The van der Waals surface area contributed by atoms with Gasteiger partial charge in [-0.15, -0.1) is 12.4 Å². The van der Waals surface area contributed by atoms with Crippen LogP contribution in [0.4, 0.5) is 4.39 Å². The molecule has 0 saturated carbocycles. The summed E-state index contributed by atoms with van der Waals surface area (Å²) in [6.07, 6.45) is 3.23. The Bertz CT molecular complexity index is 1290. The van der Waals surface area contributed by atoms with Crippen LogP contribution in [0.2, 0.25) is 0 Å². The average Bonchev–Trinajstić information content (AvgIpc) is 3.43. The molecule has 3 atom stereocenters. The van der Waals surface area contributed by atoms with E-state index >= 15 is 0 Å².